The van der Waals surface area contributed by atoms with E-state index in [4.69, 9.17) is 4.74 Å². The molecule has 4 rings (SSSR count). The van der Waals surface area contributed by atoms with E-state index in [0.29, 0.717) is 37.8 Å². The van der Waals surface area contributed by atoms with Crippen LogP contribution in [0.25, 0.3) is 0 Å². The first-order valence-electron chi connectivity index (χ1n) is 9.81. The van der Waals surface area contributed by atoms with Gasteiger partial charge in [-0.05, 0) is 43.0 Å². The number of anilines is 1. The lowest BCUT2D eigenvalue weighted by Gasteiger charge is -2.26. The molecule has 0 aromatic heterocycles. The summed E-state index contributed by atoms with van der Waals surface area (Å²) in [4.78, 5) is 18.4. The number of hydrogen-bond acceptors (Lipinski definition) is 5. The lowest BCUT2D eigenvalue weighted by Crippen LogP contribution is -2.40. The summed E-state index contributed by atoms with van der Waals surface area (Å²) in [5, 5.41) is 9.88. The predicted octanol–water partition coefficient (Wildman–Crippen LogP) is 1.39. The van der Waals surface area contributed by atoms with Crippen molar-refractivity contribution in [3.05, 3.63) is 24.3 Å². The molecule has 0 bridgehead atoms. The Labute approximate surface area is 155 Å². The fourth-order valence-corrected chi connectivity index (χ4v) is 4.64. The highest BCUT2D eigenvalue weighted by molar-refractivity contribution is 5.78. The molecular weight excluding hydrogens is 330 g/mol. The van der Waals surface area contributed by atoms with Crippen molar-refractivity contribution < 1.29 is 14.6 Å². The van der Waals surface area contributed by atoms with Gasteiger partial charge in [0.25, 0.3) is 0 Å². The molecule has 1 aromatic rings. The molecule has 3 aliphatic rings. The van der Waals surface area contributed by atoms with Crippen LogP contribution in [0.15, 0.2) is 24.3 Å². The first-order valence-corrected chi connectivity index (χ1v) is 9.81. The Hall–Kier alpha value is -1.79. The number of nitrogens with zero attached hydrogens (tertiary/aromatic N) is 3. The van der Waals surface area contributed by atoms with Crippen LogP contribution in [0, 0.1) is 11.8 Å². The molecule has 6 nitrogen and oxygen atoms in total. The van der Waals surface area contributed by atoms with Gasteiger partial charge in [-0.3, -0.25) is 4.79 Å². The van der Waals surface area contributed by atoms with Gasteiger partial charge in [0.05, 0.1) is 6.61 Å². The van der Waals surface area contributed by atoms with Crippen LogP contribution in [0.2, 0.25) is 0 Å². The molecule has 142 valence electrons. The molecule has 3 atom stereocenters. The molecule has 0 aliphatic carbocycles. The summed E-state index contributed by atoms with van der Waals surface area (Å²) in [7, 11) is 0. The topological polar surface area (TPSA) is 56.2 Å². The zero-order valence-corrected chi connectivity index (χ0v) is 15.5. The lowest BCUT2D eigenvalue weighted by atomic mass is 10.0. The van der Waals surface area contributed by atoms with Gasteiger partial charge in [0.2, 0.25) is 5.91 Å². The van der Waals surface area contributed by atoms with E-state index in [9.17, 15) is 9.90 Å². The Bertz CT molecular complexity index is 622. The number of ether oxygens (including phenoxy) is 1. The van der Waals surface area contributed by atoms with Crippen molar-refractivity contribution in [3.8, 4) is 5.75 Å². The van der Waals surface area contributed by atoms with E-state index >= 15 is 0 Å². The highest BCUT2D eigenvalue weighted by atomic mass is 16.5. The van der Waals surface area contributed by atoms with Gasteiger partial charge in [0, 0.05) is 57.8 Å². The average Bonchev–Trinajstić information content (AvgIpc) is 3.28. The van der Waals surface area contributed by atoms with Crippen LogP contribution in [0.5, 0.6) is 5.75 Å². The second kappa shape index (κ2) is 7.45. The van der Waals surface area contributed by atoms with Gasteiger partial charge >= 0.3 is 0 Å². The van der Waals surface area contributed by atoms with Crippen molar-refractivity contribution in [3.63, 3.8) is 0 Å². The minimum Gasteiger partial charge on any atom is -0.494 e. The number of fused-ring (bicyclic) bond motifs is 1. The van der Waals surface area contributed by atoms with Crippen LogP contribution in [0.3, 0.4) is 0 Å². The maximum atomic E-state index is 11.8. The SMILES string of the molecule is CCOc1ccc(N2C[C@H]3CN(CCN4C(=O)CCC4O)C[C@H]3C2)cc1. The van der Waals surface area contributed by atoms with E-state index in [-0.39, 0.29) is 5.91 Å². The van der Waals surface area contributed by atoms with Crippen molar-refractivity contribution in [2.45, 2.75) is 26.0 Å². The summed E-state index contributed by atoms with van der Waals surface area (Å²) in [6.45, 7) is 8.61. The molecular formula is C20H29N3O3. The van der Waals surface area contributed by atoms with Crippen LogP contribution < -0.4 is 9.64 Å². The number of aliphatic hydroxyl groups excluding tert-OH is 1. The van der Waals surface area contributed by atoms with Gasteiger partial charge in [-0.2, -0.15) is 0 Å². The third-order valence-corrected chi connectivity index (χ3v) is 6.03. The summed E-state index contributed by atoms with van der Waals surface area (Å²) < 4.78 is 5.53. The van der Waals surface area contributed by atoms with Gasteiger partial charge in [-0.25, -0.2) is 0 Å². The highest BCUT2D eigenvalue weighted by Crippen LogP contribution is 2.34. The monoisotopic (exact) mass is 359 g/mol. The Kier molecular flexibility index (Phi) is 5.05. The summed E-state index contributed by atoms with van der Waals surface area (Å²) in [6.07, 6.45) is 0.504. The van der Waals surface area contributed by atoms with Crippen LogP contribution in [-0.4, -0.2) is 72.9 Å². The van der Waals surface area contributed by atoms with E-state index in [1.54, 1.807) is 4.90 Å². The second-order valence-electron chi connectivity index (χ2n) is 7.72. The lowest BCUT2D eigenvalue weighted by molar-refractivity contribution is -0.133. The van der Waals surface area contributed by atoms with Crippen LogP contribution in [0.1, 0.15) is 19.8 Å². The van der Waals surface area contributed by atoms with Gasteiger partial charge in [0.15, 0.2) is 0 Å². The predicted molar refractivity (Wildman–Crippen MR) is 100 cm³/mol. The van der Waals surface area contributed by atoms with Crippen molar-refractivity contribution in [2.24, 2.45) is 11.8 Å². The van der Waals surface area contributed by atoms with E-state index in [1.807, 2.05) is 6.92 Å². The molecule has 3 aliphatic heterocycles. The number of carbonyl (C=O) groups is 1. The molecule has 3 saturated heterocycles. The van der Waals surface area contributed by atoms with Gasteiger partial charge in [-0.15, -0.1) is 0 Å². The summed E-state index contributed by atoms with van der Waals surface area (Å²) >= 11 is 0. The number of carbonyl (C=O) groups excluding carboxylic acids is 1. The van der Waals surface area contributed by atoms with E-state index < -0.39 is 6.23 Å². The fraction of sp³-hybridized carbons (Fsp3) is 0.650. The molecule has 0 radical (unpaired) electrons. The standard InChI is InChI=1S/C20H29N3O3/c1-2-26-18-5-3-17(4-6-18)22-13-15-11-21(12-16(15)14-22)9-10-23-19(24)7-8-20(23)25/h3-6,15-16,19,24H,2,7-14H2,1H3/t15-,16+,19?. The van der Waals surface area contributed by atoms with Gasteiger partial charge in [0.1, 0.15) is 12.0 Å². The average molecular weight is 359 g/mol. The second-order valence-corrected chi connectivity index (χ2v) is 7.72. The quantitative estimate of drug-likeness (QED) is 0.832. The third kappa shape index (κ3) is 3.53. The molecule has 1 aromatic carbocycles. The fourth-order valence-electron chi connectivity index (χ4n) is 4.64. The molecule has 3 heterocycles. The number of likely N-dealkylation sites (tertiary alicyclic amines) is 2. The summed E-state index contributed by atoms with van der Waals surface area (Å²) in [5.74, 6) is 2.42. The molecule has 1 amide bonds. The number of rotatable bonds is 6. The molecule has 3 fully saturated rings. The molecule has 1 N–H and O–H groups in total. The van der Waals surface area contributed by atoms with Crippen LogP contribution >= 0.6 is 0 Å². The van der Waals surface area contributed by atoms with Gasteiger partial charge in [-0.1, -0.05) is 0 Å². The van der Waals surface area contributed by atoms with Gasteiger partial charge < -0.3 is 24.5 Å². The van der Waals surface area contributed by atoms with Crippen LogP contribution in [-0.2, 0) is 4.79 Å². The zero-order valence-electron chi connectivity index (χ0n) is 15.5. The zero-order chi connectivity index (χ0) is 18.1. The minimum atomic E-state index is -0.570. The van der Waals surface area contributed by atoms with Crippen LogP contribution in [0.4, 0.5) is 5.69 Å². The Morgan fingerprint density at radius 2 is 1.77 bits per heavy atom. The normalized spacial score (nSPS) is 28.8. The smallest absolute Gasteiger partial charge is 0.224 e. The number of hydrogen-bond donors (Lipinski definition) is 1. The maximum absolute atomic E-state index is 11.8. The molecule has 1 unspecified atom stereocenters. The summed E-state index contributed by atoms with van der Waals surface area (Å²) in [6, 6.07) is 8.42. The van der Waals surface area contributed by atoms with Crippen molar-refractivity contribution in [1.82, 2.24) is 9.80 Å². The molecule has 0 saturated carbocycles. The van der Waals surface area contributed by atoms with E-state index in [2.05, 4.69) is 34.1 Å². The first-order chi connectivity index (χ1) is 12.6. The van der Waals surface area contributed by atoms with Crippen molar-refractivity contribution >= 4 is 11.6 Å². The summed E-state index contributed by atoms with van der Waals surface area (Å²) in [5.41, 5.74) is 1.28. The minimum absolute atomic E-state index is 0.0959. The number of benzene rings is 1. The Morgan fingerprint density at radius 1 is 1.08 bits per heavy atom. The third-order valence-electron chi connectivity index (χ3n) is 6.03. The number of amides is 1. The van der Waals surface area contributed by atoms with E-state index in [0.717, 1.165) is 38.5 Å². The van der Waals surface area contributed by atoms with Crippen molar-refractivity contribution in [2.75, 3.05) is 50.8 Å². The molecule has 0 spiro atoms. The molecule has 26 heavy (non-hydrogen) atoms. The first kappa shape index (κ1) is 17.6. The maximum Gasteiger partial charge on any atom is 0.224 e. The Morgan fingerprint density at radius 3 is 2.35 bits per heavy atom. The Balaban J connectivity index is 1.27. The largest absolute Gasteiger partial charge is 0.494 e. The molecule has 6 heteroatoms. The highest BCUT2D eigenvalue weighted by Gasteiger charge is 2.40. The van der Waals surface area contributed by atoms with E-state index in [1.165, 1.54) is 5.69 Å². The van der Waals surface area contributed by atoms with Crippen molar-refractivity contribution in [1.29, 1.82) is 0 Å². The number of aliphatic hydroxyl groups is 1.